The zero-order valence-corrected chi connectivity index (χ0v) is 6.27. The van der Waals surface area contributed by atoms with Crippen molar-refractivity contribution < 1.29 is 0 Å². The summed E-state index contributed by atoms with van der Waals surface area (Å²) in [6.07, 6.45) is 7.51. The summed E-state index contributed by atoms with van der Waals surface area (Å²) in [7, 11) is 0. The Morgan fingerprint density at radius 3 is 2.78 bits per heavy atom. The minimum absolute atomic E-state index is 1.04. The van der Waals surface area contributed by atoms with Gasteiger partial charge in [0.25, 0.3) is 0 Å². The molecule has 1 fully saturated rings. The Morgan fingerprint density at radius 2 is 2.33 bits per heavy atom. The van der Waals surface area contributed by atoms with E-state index in [0.29, 0.717) is 0 Å². The van der Waals surface area contributed by atoms with E-state index in [1.807, 2.05) is 6.08 Å². The molecule has 0 aromatic rings. The lowest BCUT2D eigenvalue weighted by atomic mass is 10.1. The summed E-state index contributed by atoms with van der Waals surface area (Å²) in [6, 6.07) is 0. The molecule has 0 amide bonds. The highest BCUT2D eigenvalue weighted by Crippen LogP contribution is 2.41. The van der Waals surface area contributed by atoms with Crippen molar-refractivity contribution in [3.05, 3.63) is 12.7 Å². The molecule has 2 atom stereocenters. The van der Waals surface area contributed by atoms with Crippen molar-refractivity contribution in [1.82, 2.24) is 0 Å². The van der Waals surface area contributed by atoms with Crippen molar-refractivity contribution in [2.45, 2.75) is 32.6 Å². The molecular formula is C9H16. The van der Waals surface area contributed by atoms with Crippen LogP contribution in [0.5, 0.6) is 0 Å². The van der Waals surface area contributed by atoms with E-state index in [1.54, 1.807) is 0 Å². The number of hydrogen-bond donors (Lipinski definition) is 0. The van der Waals surface area contributed by atoms with Crippen molar-refractivity contribution in [1.29, 1.82) is 0 Å². The summed E-state index contributed by atoms with van der Waals surface area (Å²) < 4.78 is 0. The Hall–Kier alpha value is -0.260. The van der Waals surface area contributed by atoms with Crippen LogP contribution >= 0.6 is 0 Å². The van der Waals surface area contributed by atoms with Gasteiger partial charge in [0, 0.05) is 0 Å². The van der Waals surface area contributed by atoms with Gasteiger partial charge in [-0.3, -0.25) is 0 Å². The van der Waals surface area contributed by atoms with Gasteiger partial charge in [0.1, 0.15) is 0 Å². The van der Waals surface area contributed by atoms with Crippen molar-refractivity contribution in [2.75, 3.05) is 0 Å². The van der Waals surface area contributed by atoms with E-state index in [0.717, 1.165) is 11.8 Å². The second-order valence-electron chi connectivity index (χ2n) is 3.19. The first kappa shape index (κ1) is 6.85. The lowest BCUT2D eigenvalue weighted by Gasteiger charge is -1.92. The maximum absolute atomic E-state index is 3.70. The van der Waals surface area contributed by atoms with Crippen LogP contribution in [0.15, 0.2) is 12.7 Å². The Bertz CT molecular complexity index is 94.2. The number of allylic oxidation sites excluding steroid dienone is 1. The topological polar surface area (TPSA) is 0 Å². The molecule has 1 aliphatic carbocycles. The smallest absolute Gasteiger partial charge is 0.0353 e. The van der Waals surface area contributed by atoms with Gasteiger partial charge in [-0.25, -0.2) is 0 Å². The van der Waals surface area contributed by atoms with E-state index in [2.05, 4.69) is 13.5 Å². The third-order valence-electron chi connectivity index (χ3n) is 2.26. The highest BCUT2D eigenvalue weighted by molar-refractivity contribution is 4.82. The first-order valence-corrected chi connectivity index (χ1v) is 3.95. The largest absolute Gasteiger partial charge is 0.103 e. The summed E-state index contributed by atoms with van der Waals surface area (Å²) in [4.78, 5) is 0. The van der Waals surface area contributed by atoms with Gasteiger partial charge >= 0.3 is 0 Å². The van der Waals surface area contributed by atoms with Gasteiger partial charge in [0.2, 0.25) is 0 Å². The van der Waals surface area contributed by atoms with Gasteiger partial charge in [-0.1, -0.05) is 13.0 Å². The summed E-state index contributed by atoms with van der Waals surface area (Å²) in [5.41, 5.74) is 0. The molecule has 0 radical (unpaired) electrons. The molecule has 0 N–H and O–H groups in total. The van der Waals surface area contributed by atoms with Crippen LogP contribution in [0.3, 0.4) is 0 Å². The standard InChI is InChI=1S/C9H16/c1-3-4-5-6-9-7-8(9)2/h3,8-9H,1,4-7H2,2H3. The zero-order chi connectivity index (χ0) is 6.69. The SMILES string of the molecule is C=CCCCC1CC1C. The van der Waals surface area contributed by atoms with Crippen molar-refractivity contribution in [2.24, 2.45) is 11.8 Å². The molecule has 9 heavy (non-hydrogen) atoms. The van der Waals surface area contributed by atoms with E-state index in [4.69, 9.17) is 0 Å². The van der Waals surface area contributed by atoms with Crippen LogP contribution < -0.4 is 0 Å². The molecule has 1 saturated carbocycles. The fraction of sp³-hybridized carbons (Fsp3) is 0.778. The van der Waals surface area contributed by atoms with Crippen molar-refractivity contribution in [3.8, 4) is 0 Å². The predicted octanol–water partition coefficient (Wildman–Crippen LogP) is 3.00. The molecule has 1 rings (SSSR count). The van der Waals surface area contributed by atoms with E-state index in [1.165, 1.54) is 25.7 Å². The highest BCUT2D eigenvalue weighted by atomic mass is 14.4. The third kappa shape index (κ3) is 2.21. The molecule has 0 heterocycles. The number of rotatable bonds is 4. The van der Waals surface area contributed by atoms with Crippen LogP contribution in [0.25, 0.3) is 0 Å². The molecule has 0 aromatic carbocycles. The molecule has 0 aliphatic heterocycles. The molecule has 52 valence electrons. The van der Waals surface area contributed by atoms with Crippen LogP contribution in [0.4, 0.5) is 0 Å². The first-order valence-electron chi connectivity index (χ1n) is 3.95. The molecule has 0 nitrogen and oxygen atoms in total. The summed E-state index contributed by atoms with van der Waals surface area (Å²) >= 11 is 0. The van der Waals surface area contributed by atoms with E-state index in [-0.39, 0.29) is 0 Å². The average Bonchev–Trinajstić information content (AvgIpc) is 2.48. The van der Waals surface area contributed by atoms with Gasteiger partial charge in [0.15, 0.2) is 0 Å². The van der Waals surface area contributed by atoms with Gasteiger partial charge in [-0.2, -0.15) is 0 Å². The third-order valence-corrected chi connectivity index (χ3v) is 2.26. The van der Waals surface area contributed by atoms with Gasteiger partial charge in [-0.15, -0.1) is 6.58 Å². The lowest BCUT2D eigenvalue weighted by molar-refractivity contribution is 0.636. The fourth-order valence-corrected chi connectivity index (χ4v) is 1.33. The summed E-state index contributed by atoms with van der Waals surface area (Å²) in [6.45, 7) is 6.04. The quantitative estimate of drug-likeness (QED) is 0.399. The molecule has 0 heteroatoms. The van der Waals surface area contributed by atoms with E-state index < -0.39 is 0 Å². The van der Waals surface area contributed by atoms with Crippen LogP contribution in [0.1, 0.15) is 32.6 Å². The molecule has 0 saturated heterocycles. The maximum atomic E-state index is 3.70. The Labute approximate surface area is 58.0 Å². The van der Waals surface area contributed by atoms with Crippen LogP contribution in [0, 0.1) is 11.8 Å². The molecule has 0 spiro atoms. The van der Waals surface area contributed by atoms with Gasteiger partial charge < -0.3 is 0 Å². The fourth-order valence-electron chi connectivity index (χ4n) is 1.33. The number of hydrogen-bond acceptors (Lipinski definition) is 0. The predicted molar refractivity (Wildman–Crippen MR) is 41.3 cm³/mol. The van der Waals surface area contributed by atoms with Gasteiger partial charge in [0.05, 0.1) is 0 Å². The molecule has 0 aromatic heterocycles. The second kappa shape index (κ2) is 3.05. The van der Waals surface area contributed by atoms with E-state index in [9.17, 15) is 0 Å². The number of unbranched alkanes of at least 4 members (excludes halogenated alkanes) is 1. The monoisotopic (exact) mass is 124 g/mol. The van der Waals surface area contributed by atoms with Crippen molar-refractivity contribution in [3.63, 3.8) is 0 Å². The minimum atomic E-state index is 1.04. The normalized spacial score (nSPS) is 32.1. The zero-order valence-electron chi connectivity index (χ0n) is 6.27. The van der Waals surface area contributed by atoms with Gasteiger partial charge in [-0.05, 0) is 37.5 Å². The molecule has 0 bridgehead atoms. The van der Waals surface area contributed by atoms with Crippen LogP contribution in [-0.4, -0.2) is 0 Å². The Morgan fingerprint density at radius 1 is 1.67 bits per heavy atom. The molecule has 2 unspecified atom stereocenters. The molecular weight excluding hydrogens is 108 g/mol. The average molecular weight is 124 g/mol. The van der Waals surface area contributed by atoms with Crippen LogP contribution in [0.2, 0.25) is 0 Å². The summed E-state index contributed by atoms with van der Waals surface area (Å²) in [5.74, 6) is 2.11. The highest BCUT2D eigenvalue weighted by Gasteiger charge is 2.30. The first-order chi connectivity index (χ1) is 4.34. The van der Waals surface area contributed by atoms with Crippen molar-refractivity contribution >= 4 is 0 Å². The maximum Gasteiger partial charge on any atom is -0.0353 e. The lowest BCUT2D eigenvalue weighted by Crippen LogP contribution is -1.78. The van der Waals surface area contributed by atoms with E-state index >= 15 is 0 Å². The molecule has 1 aliphatic rings. The Balaban J connectivity index is 1.88. The Kier molecular flexibility index (Phi) is 2.32. The minimum Gasteiger partial charge on any atom is -0.103 e. The van der Waals surface area contributed by atoms with Crippen LogP contribution in [-0.2, 0) is 0 Å². The summed E-state index contributed by atoms with van der Waals surface area (Å²) in [5, 5.41) is 0. The second-order valence-corrected chi connectivity index (χ2v) is 3.19.